The first-order valence-electron chi connectivity index (χ1n) is 9.99. The van der Waals surface area contributed by atoms with Crippen molar-refractivity contribution in [2.24, 2.45) is 33.8 Å². The van der Waals surface area contributed by atoms with Crippen LogP contribution in [-0.4, -0.2) is 71.4 Å². The molecule has 0 heterocycles. The van der Waals surface area contributed by atoms with Crippen molar-refractivity contribution in [1.82, 2.24) is 16.0 Å². The summed E-state index contributed by atoms with van der Waals surface area (Å²) in [6.45, 7) is 4.82. The quantitative estimate of drug-likeness (QED) is 0.0726. The van der Waals surface area contributed by atoms with Crippen molar-refractivity contribution in [1.29, 1.82) is 0 Å². The molecule has 4 atom stereocenters. The predicted molar refractivity (Wildman–Crippen MR) is 116 cm³/mol. The van der Waals surface area contributed by atoms with Gasteiger partial charge >= 0.3 is 5.97 Å². The van der Waals surface area contributed by atoms with Gasteiger partial charge in [-0.25, -0.2) is 4.79 Å². The molecule has 0 aromatic heterocycles. The molecule has 0 bridgehead atoms. The second-order valence-corrected chi connectivity index (χ2v) is 7.60. The van der Waals surface area contributed by atoms with Crippen LogP contribution in [0.1, 0.15) is 40.0 Å². The van der Waals surface area contributed by atoms with Crippen molar-refractivity contribution in [2.45, 2.75) is 64.2 Å². The maximum atomic E-state index is 12.7. The van der Waals surface area contributed by atoms with E-state index in [4.69, 9.17) is 22.9 Å². The Kier molecular flexibility index (Phi) is 12.3. The van der Waals surface area contributed by atoms with Gasteiger partial charge in [-0.3, -0.25) is 24.2 Å². The van der Waals surface area contributed by atoms with Gasteiger partial charge in [0.1, 0.15) is 18.1 Å². The van der Waals surface area contributed by atoms with Crippen molar-refractivity contribution in [3.8, 4) is 0 Å². The van der Waals surface area contributed by atoms with Crippen LogP contribution in [-0.2, 0) is 24.0 Å². The topological polar surface area (TPSA) is 258 Å². The first kappa shape index (κ1) is 28.6. The SMILES string of the molecule is CC(N)C(=O)NC(CC(N)=O)C(=O)NC(C(=O)NC(CCCN=C(N)N)C(=O)O)C(C)C. The number of amides is 4. The minimum absolute atomic E-state index is 0.0470. The van der Waals surface area contributed by atoms with E-state index in [0.29, 0.717) is 0 Å². The van der Waals surface area contributed by atoms with Crippen molar-refractivity contribution in [3.05, 3.63) is 0 Å². The summed E-state index contributed by atoms with van der Waals surface area (Å²) >= 11 is 0. The Morgan fingerprint density at radius 3 is 1.88 bits per heavy atom. The largest absolute Gasteiger partial charge is 0.480 e. The van der Waals surface area contributed by atoms with Crippen LogP contribution in [0.5, 0.6) is 0 Å². The number of nitrogens with zero attached hydrogens (tertiary/aromatic N) is 1. The van der Waals surface area contributed by atoms with Crippen molar-refractivity contribution >= 4 is 35.6 Å². The van der Waals surface area contributed by atoms with Crippen LogP contribution in [0.4, 0.5) is 0 Å². The molecule has 0 spiro atoms. The molecule has 14 nitrogen and oxygen atoms in total. The van der Waals surface area contributed by atoms with Gasteiger partial charge < -0.3 is 44.0 Å². The number of aliphatic imine (C=N–C) groups is 1. The minimum Gasteiger partial charge on any atom is -0.480 e. The summed E-state index contributed by atoms with van der Waals surface area (Å²) in [4.78, 5) is 63.7. The smallest absolute Gasteiger partial charge is 0.326 e. The number of hydrogen-bond acceptors (Lipinski definition) is 7. The zero-order valence-electron chi connectivity index (χ0n) is 18.5. The van der Waals surface area contributed by atoms with E-state index >= 15 is 0 Å². The normalized spacial score (nSPS) is 14.4. The molecular weight excluding hydrogens is 424 g/mol. The third kappa shape index (κ3) is 11.1. The van der Waals surface area contributed by atoms with Gasteiger partial charge in [-0.15, -0.1) is 0 Å². The van der Waals surface area contributed by atoms with Crippen LogP contribution in [0.25, 0.3) is 0 Å². The van der Waals surface area contributed by atoms with Crippen LogP contribution >= 0.6 is 0 Å². The van der Waals surface area contributed by atoms with Crippen LogP contribution < -0.4 is 38.9 Å². The molecule has 0 aliphatic rings. The third-order valence-electron chi connectivity index (χ3n) is 4.26. The molecule has 0 radical (unpaired) electrons. The summed E-state index contributed by atoms with van der Waals surface area (Å²) in [5.41, 5.74) is 21.0. The molecule has 0 saturated heterocycles. The molecule has 0 fully saturated rings. The molecular formula is C18H34N8O6. The van der Waals surface area contributed by atoms with Gasteiger partial charge in [-0.1, -0.05) is 13.8 Å². The van der Waals surface area contributed by atoms with Crippen molar-refractivity contribution < 1.29 is 29.1 Å². The summed E-state index contributed by atoms with van der Waals surface area (Å²) in [5.74, 6) is -4.99. The molecule has 0 aromatic rings. The number of nitrogens with one attached hydrogen (secondary N) is 3. The van der Waals surface area contributed by atoms with Crippen molar-refractivity contribution in [3.63, 3.8) is 0 Å². The third-order valence-corrected chi connectivity index (χ3v) is 4.26. The van der Waals surface area contributed by atoms with Gasteiger partial charge in [0.2, 0.25) is 23.6 Å². The Balaban J connectivity index is 5.30. The van der Waals surface area contributed by atoms with E-state index in [0.717, 1.165) is 0 Å². The van der Waals surface area contributed by atoms with Gasteiger partial charge in [0.15, 0.2) is 5.96 Å². The summed E-state index contributed by atoms with van der Waals surface area (Å²) < 4.78 is 0. The summed E-state index contributed by atoms with van der Waals surface area (Å²) in [6.07, 6.45) is -0.178. The molecule has 0 saturated carbocycles. The number of carboxylic acid groups (broad SMARTS) is 1. The number of aliphatic carboxylic acids is 1. The standard InChI is InChI=1S/C18H34N8O6/c1-8(2)13(16(30)24-10(17(31)32)5-4-6-23-18(21)22)26-15(29)11(7-12(20)27)25-14(28)9(3)19/h8-11,13H,4-7,19H2,1-3H3,(H2,20,27)(H,24,30)(H,25,28)(H,26,29)(H,31,32)(H4,21,22,23). The first-order valence-corrected chi connectivity index (χ1v) is 9.99. The lowest BCUT2D eigenvalue weighted by Gasteiger charge is -2.26. The summed E-state index contributed by atoms with van der Waals surface area (Å²) in [7, 11) is 0. The molecule has 12 N–H and O–H groups in total. The van der Waals surface area contributed by atoms with E-state index in [-0.39, 0.29) is 25.3 Å². The second-order valence-electron chi connectivity index (χ2n) is 7.60. The maximum absolute atomic E-state index is 12.7. The van der Waals surface area contributed by atoms with Gasteiger partial charge in [0, 0.05) is 6.54 Å². The van der Waals surface area contributed by atoms with E-state index in [9.17, 15) is 29.1 Å². The Morgan fingerprint density at radius 2 is 1.44 bits per heavy atom. The van der Waals surface area contributed by atoms with E-state index in [1.54, 1.807) is 13.8 Å². The number of carbonyl (C=O) groups excluding carboxylic acids is 4. The van der Waals surface area contributed by atoms with Crippen LogP contribution in [0.2, 0.25) is 0 Å². The first-order chi connectivity index (χ1) is 14.8. The molecule has 0 aromatic carbocycles. The lowest BCUT2D eigenvalue weighted by atomic mass is 10.0. The fraction of sp³-hybridized carbons (Fsp3) is 0.667. The Labute approximate surface area is 185 Å². The molecule has 182 valence electrons. The minimum atomic E-state index is -1.35. The molecule has 32 heavy (non-hydrogen) atoms. The van der Waals surface area contributed by atoms with E-state index in [1.165, 1.54) is 6.92 Å². The van der Waals surface area contributed by atoms with Gasteiger partial charge in [0.25, 0.3) is 0 Å². The number of carbonyl (C=O) groups is 5. The number of hydrogen-bond donors (Lipinski definition) is 8. The van der Waals surface area contributed by atoms with Crippen LogP contribution in [0, 0.1) is 5.92 Å². The number of guanidine groups is 1. The average Bonchev–Trinajstić information content (AvgIpc) is 2.66. The number of primary amides is 1. The van der Waals surface area contributed by atoms with Gasteiger partial charge in [0.05, 0.1) is 12.5 Å². The van der Waals surface area contributed by atoms with Crippen molar-refractivity contribution in [2.75, 3.05) is 6.54 Å². The highest BCUT2D eigenvalue weighted by Gasteiger charge is 2.32. The molecule has 0 aliphatic carbocycles. The van der Waals surface area contributed by atoms with Gasteiger partial charge in [-0.05, 0) is 25.7 Å². The summed E-state index contributed by atoms with van der Waals surface area (Å²) in [5, 5.41) is 16.5. The molecule has 4 unspecified atom stereocenters. The lowest BCUT2D eigenvalue weighted by molar-refractivity contribution is -0.143. The Morgan fingerprint density at radius 1 is 0.875 bits per heavy atom. The van der Waals surface area contributed by atoms with Crippen LogP contribution in [0.3, 0.4) is 0 Å². The summed E-state index contributed by atoms with van der Waals surface area (Å²) in [6, 6.07) is -4.69. The van der Waals surface area contributed by atoms with E-state index < -0.39 is 66.1 Å². The molecule has 4 amide bonds. The van der Waals surface area contributed by atoms with E-state index in [2.05, 4.69) is 20.9 Å². The highest BCUT2D eigenvalue weighted by molar-refractivity contribution is 5.96. The Bertz CT molecular complexity index is 720. The highest BCUT2D eigenvalue weighted by Crippen LogP contribution is 2.06. The zero-order valence-corrected chi connectivity index (χ0v) is 18.5. The van der Waals surface area contributed by atoms with Crippen LogP contribution in [0.15, 0.2) is 4.99 Å². The molecule has 0 aliphatic heterocycles. The number of rotatable bonds is 14. The fourth-order valence-corrected chi connectivity index (χ4v) is 2.52. The highest BCUT2D eigenvalue weighted by atomic mass is 16.4. The molecule has 14 heteroatoms. The second kappa shape index (κ2) is 13.8. The maximum Gasteiger partial charge on any atom is 0.326 e. The van der Waals surface area contributed by atoms with E-state index in [1.807, 2.05) is 0 Å². The zero-order chi connectivity index (χ0) is 25.0. The Hall–Kier alpha value is -3.42. The number of carboxylic acids is 1. The monoisotopic (exact) mass is 458 g/mol. The predicted octanol–water partition coefficient (Wildman–Crippen LogP) is -3.54. The lowest BCUT2D eigenvalue weighted by Crippen LogP contribution is -2.58. The average molecular weight is 459 g/mol. The van der Waals surface area contributed by atoms with Gasteiger partial charge in [-0.2, -0.15) is 0 Å². The fourth-order valence-electron chi connectivity index (χ4n) is 2.52. The number of nitrogens with two attached hydrogens (primary N) is 4. The molecule has 0 rings (SSSR count).